The molecule has 1 aliphatic heterocycles. The van der Waals surface area contributed by atoms with Crippen LogP contribution in [0, 0.1) is 11.8 Å². The average molecular weight is 393 g/mol. The molecule has 150 valence electrons. The van der Waals surface area contributed by atoms with Crippen molar-refractivity contribution in [3.8, 4) is 11.1 Å². The van der Waals surface area contributed by atoms with Crippen molar-refractivity contribution in [3.05, 3.63) is 59.7 Å². The Balaban J connectivity index is 1.30. The minimum atomic E-state index is -0.922. The van der Waals surface area contributed by atoms with E-state index < -0.39 is 17.6 Å². The molecular weight excluding hydrogens is 370 g/mol. The van der Waals surface area contributed by atoms with Crippen molar-refractivity contribution in [1.82, 2.24) is 5.32 Å². The maximum atomic E-state index is 12.6. The van der Waals surface area contributed by atoms with Gasteiger partial charge in [-0.05, 0) is 34.6 Å². The molecular formula is C23H23NO5. The summed E-state index contributed by atoms with van der Waals surface area (Å²) < 4.78 is 11.1. The first-order valence-corrected chi connectivity index (χ1v) is 10.00. The summed E-state index contributed by atoms with van der Waals surface area (Å²) in [6.07, 6.45) is -0.0472. The number of aliphatic carboxylic acids is 1. The second-order valence-corrected chi connectivity index (χ2v) is 8.29. The van der Waals surface area contributed by atoms with Gasteiger partial charge in [-0.15, -0.1) is 0 Å². The normalized spacial score (nSPS) is 26.8. The molecule has 29 heavy (non-hydrogen) atoms. The maximum Gasteiger partial charge on any atom is 0.407 e. The van der Waals surface area contributed by atoms with Gasteiger partial charge in [0, 0.05) is 18.4 Å². The molecule has 6 heteroatoms. The average Bonchev–Trinajstić information content (AvgIpc) is 3.24. The number of fused-ring (bicyclic) bond motifs is 4. The summed E-state index contributed by atoms with van der Waals surface area (Å²) >= 11 is 0. The first-order chi connectivity index (χ1) is 14.1. The Morgan fingerprint density at radius 2 is 1.72 bits per heavy atom. The van der Waals surface area contributed by atoms with Gasteiger partial charge in [0.1, 0.15) is 6.61 Å². The number of hydrogen-bond acceptors (Lipinski definition) is 4. The van der Waals surface area contributed by atoms with E-state index in [1.807, 2.05) is 24.3 Å². The molecule has 2 fully saturated rings. The third-order valence-electron chi connectivity index (χ3n) is 6.70. The largest absolute Gasteiger partial charge is 0.481 e. The fraction of sp³-hybridized carbons (Fsp3) is 0.391. The molecule has 0 radical (unpaired) electrons. The second-order valence-electron chi connectivity index (χ2n) is 8.29. The van der Waals surface area contributed by atoms with Crippen LogP contribution in [0.1, 0.15) is 29.9 Å². The van der Waals surface area contributed by atoms with Gasteiger partial charge in [0.25, 0.3) is 0 Å². The Labute approximate surface area is 168 Å². The van der Waals surface area contributed by atoms with Crippen LogP contribution >= 0.6 is 0 Å². The summed E-state index contributed by atoms with van der Waals surface area (Å²) in [6, 6.07) is 16.3. The van der Waals surface area contributed by atoms with Gasteiger partial charge in [-0.25, -0.2) is 4.79 Å². The van der Waals surface area contributed by atoms with E-state index >= 15 is 0 Å². The number of ether oxygens (including phenoxy) is 2. The number of carboxylic acid groups (broad SMARTS) is 1. The fourth-order valence-electron chi connectivity index (χ4n) is 5.37. The number of carbonyl (C=O) groups is 2. The summed E-state index contributed by atoms with van der Waals surface area (Å²) in [6.45, 7) is 1.34. The Hall–Kier alpha value is -2.86. The van der Waals surface area contributed by atoms with Crippen LogP contribution in [-0.2, 0) is 14.3 Å². The summed E-state index contributed by atoms with van der Waals surface area (Å²) in [7, 11) is 0. The van der Waals surface area contributed by atoms with E-state index in [0.717, 1.165) is 11.1 Å². The zero-order chi connectivity index (χ0) is 20.0. The molecule has 1 unspecified atom stereocenters. The quantitative estimate of drug-likeness (QED) is 0.813. The summed E-state index contributed by atoms with van der Waals surface area (Å²) in [5.41, 5.74) is 3.87. The van der Waals surface area contributed by atoms with Gasteiger partial charge < -0.3 is 19.9 Å². The minimum Gasteiger partial charge on any atom is -0.481 e. The van der Waals surface area contributed by atoms with Crippen molar-refractivity contribution in [1.29, 1.82) is 0 Å². The highest BCUT2D eigenvalue weighted by Gasteiger charge is 2.58. The zero-order valence-corrected chi connectivity index (χ0v) is 16.0. The Morgan fingerprint density at radius 3 is 2.34 bits per heavy atom. The maximum absolute atomic E-state index is 12.6. The van der Waals surface area contributed by atoms with E-state index in [1.165, 1.54) is 11.1 Å². The van der Waals surface area contributed by atoms with Gasteiger partial charge in [-0.3, -0.25) is 4.79 Å². The molecule has 2 aromatic carbocycles. The summed E-state index contributed by atoms with van der Waals surface area (Å²) in [4.78, 5) is 24.0. The minimum absolute atomic E-state index is 0.0208. The molecule has 2 aliphatic carbocycles. The number of rotatable bonds is 5. The SMILES string of the molecule is O=C(O)CC1(NC(=O)OCC2c3ccccc3-c3ccccc32)C[C@@H]2COC[C@@H]21. The third-order valence-corrected chi connectivity index (χ3v) is 6.70. The highest BCUT2D eigenvalue weighted by atomic mass is 16.5. The van der Waals surface area contributed by atoms with Crippen molar-refractivity contribution < 1.29 is 24.2 Å². The number of hydrogen-bond donors (Lipinski definition) is 2. The van der Waals surface area contributed by atoms with Crippen LogP contribution in [0.5, 0.6) is 0 Å². The van der Waals surface area contributed by atoms with Crippen molar-refractivity contribution in [3.63, 3.8) is 0 Å². The topological polar surface area (TPSA) is 84.9 Å². The van der Waals surface area contributed by atoms with E-state index in [1.54, 1.807) is 0 Å². The van der Waals surface area contributed by atoms with Gasteiger partial charge in [0.15, 0.2) is 0 Å². The lowest BCUT2D eigenvalue weighted by molar-refractivity contribution is -0.141. The predicted molar refractivity (Wildman–Crippen MR) is 106 cm³/mol. The van der Waals surface area contributed by atoms with Crippen LogP contribution in [0.25, 0.3) is 11.1 Å². The Morgan fingerprint density at radius 1 is 1.07 bits per heavy atom. The molecule has 2 N–H and O–H groups in total. The smallest absolute Gasteiger partial charge is 0.407 e. The Kier molecular flexibility index (Phi) is 4.32. The molecule has 0 bridgehead atoms. The number of amides is 1. The molecule has 0 spiro atoms. The molecule has 3 atom stereocenters. The molecule has 1 saturated heterocycles. The zero-order valence-electron chi connectivity index (χ0n) is 16.0. The van der Waals surface area contributed by atoms with Crippen molar-refractivity contribution in [2.75, 3.05) is 19.8 Å². The van der Waals surface area contributed by atoms with Crippen LogP contribution < -0.4 is 5.32 Å². The Bertz CT molecular complexity index is 928. The van der Waals surface area contributed by atoms with Crippen LogP contribution in [0.4, 0.5) is 4.79 Å². The lowest BCUT2D eigenvalue weighted by Crippen LogP contribution is -2.65. The lowest BCUT2D eigenvalue weighted by atomic mass is 9.59. The molecule has 0 aromatic heterocycles. The van der Waals surface area contributed by atoms with Crippen LogP contribution in [0.3, 0.4) is 0 Å². The highest BCUT2D eigenvalue weighted by molar-refractivity contribution is 5.79. The van der Waals surface area contributed by atoms with E-state index in [4.69, 9.17) is 9.47 Å². The first-order valence-electron chi connectivity index (χ1n) is 10.00. The van der Waals surface area contributed by atoms with Gasteiger partial charge in [0.2, 0.25) is 0 Å². The molecule has 1 amide bonds. The number of alkyl carbamates (subject to hydrolysis) is 1. The fourth-order valence-corrected chi connectivity index (χ4v) is 5.37. The van der Waals surface area contributed by atoms with Crippen LogP contribution in [-0.4, -0.2) is 42.5 Å². The summed E-state index contributed by atoms with van der Waals surface area (Å²) in [5.74, 6) is -0.579. The van der Waals surface area contributed by atoms with E-state index in [0.29, 0.717) is 25.6 Å². The van der Waals surface area contributed by atoms with Crippen LogP contribution in [0.15, 0.2) is 48.5 Å². The second kappa shape index (κ2) is 6.88. The molecule has 5 rings (SSSR count). The van der Waals surface area contributed by atoms with Crippen molar-refractivity contribution >= 4 is 12.1 Å². The van der Waals surface area contributed by atoms with Crippen LogP contribution in [0.2, 0.25) is 0 Å². The lowest BCUT2D eigenvalue weighted by Gasteiger charge is -2.50. The van der Waals surface area contributed by atoms with Gasteiger partial charge in [0.05, 0.1) is 18.6 Å². The molecule has 1 heterocycles. The highest BCUT2D eigenvalue weighted by Crippen LogP contribution is 2.50. The van der Waals surface area contributed by atoms with Crippen molar-refractivity contribution in [2.45, 2.75) is 24.3 Å². The van der Waals surface area contributed by atoms with E-state index in [-0.39, 0.29) is 24.9 Å². The third kappa shape index (κ3) is 2.99. The number of benzene rings is 2. The number of carboxylic acids is 1. The summed E-state index contributed by atoms with van der Waals surface area (Å²) in [5, 5.41) is 12.2. The predicted octanol–water partition coefficient (Wildman–Crippen LogP) is 3.40. The molecule has 3 aliphatic rings. The monoisotopic (exact) mass is 393 g/mol. The molecule has 2 aromatic rings. The van der Waals surface area contributed by atoms with Gasteiger partial charge >= 0.3 is 12.1 Å². The first kappa shape index (κ1) is 18.2. The standard InChI is InChI=1S/C23H23NO5/c25-21(26)10-23(9-14-11-28-13-20(14)23)24-22(27)29-12-19-17-7-3-1-5-15(17)16-6-2-4-8-18(16)19/h1-8,14,19-20H,9-13H2,(H,24,27)(H,25,26)/t14-,20+,23?/m1/s1. The van der Waals surface area contributed by atoms with Gasteiger partial charge in [-0.1, -0.05) is 48.5 Å². The van der Waals surface area contributed by atoms with E-state index in [2.05, 4.69) is 29.6 Å². The molecule has 1 saturated carbocycles. The molecule has 6 nitrogen and oxygen atoms in total. The van der Waals surface area contributed by atoms with Gasteiger partial charge in [-0.2, -0.15) is 0 Å². The van der Waals surface area contributed by atoms with Crippen molar-refractivity contribution in [2.24, 2.45) is 11.8 Å². The van der Waals surface area contributed by atoms with E-state index in [9.17, 15) is 14.7 Å². The number of carbonyl (C=O) groups excluding carboxylic acids is 1. The number of nitrogens with one attached hydrogen (secondary N) is 1.